The van der Waals surface area contributed by atoms with Crippen molar-refractivity contribution in [1.29, 1.82) is 0 Å². The number of rotatable bonds is 5. The molecule has 2 aromatic rings. The smallest absolute Gasteiger partial charge is 0.255 e. The number of hydrogen-bond acceptors (Lipinski definition) is 7. The van der Waals surface area contributed by atoms with E-state index >= 15 is 0 Å². The molecule has 0 saturated heterocycles. The number of amides is 1. The Bertz CT molecular complexity index is 682. The second-order valence-electron chi connectivity index (χ2n) is 5.65. The predicted molar refractivity (Wildman–Crippen MR) is 87.8 cm³/mol. The molecule has 1 N–H and O–H groups in total. The van der Waals surface area contributed by atoms with Crippen LogP contribution < -0.4 is 15.1 Å². The van der Waals surface area contributed by atoms with Crippen LogP contribution in [0.15, 0.2) is 10.5 Å². The highest BCUT2D eigenvalue weighted by Gasteiger charge is 2.15. The molecule has 2 rings (SSSR count). The monoisotopic (exact) mass is 318 g/mol. The molecular weight excluding hydrogens is 296 g/mol. The lowest BCUT2D eigenvalue weighted by Gasteiger charge is -2.16. The van der Waals surface area contributed by atoms with Gasteiger partial charge in [0.05, 0.1) is 12.1 Å². The molecular formula is C15H22N6O2. The molecule has 2 aromatic heterocycles. The molecule has 23 heavy (non-hydrogen) atoms. The average Bonchev–Trinajstić information content (AvgIpc) is 2.83. The zero-order valence-electron chi connectivity index (χ0n) is 14.3. The van der Waals surface area contributed by atoms with Crippen LogP contribution in [-0.4, -0.2) is 49.0 Å². The molecule has 0 radical (unpaired) electrons. The third-order valence-electron chi connectivity index (χ3n) is 3.15. The zero-order valence-corrected chi connectivity index (χ0v) is 14.3. The molecule has 0 spiro atoms. The van der Waals surface area contributed by atoms with Crippen molar-refractivity contribution >= 4 is 17.8 Å². The summed E-state index contributed by atoms with van der Waals surface area (Å²) in [6, 6.07) is 1.72. The van der Waals surface area contributed by atoms with E-state index in [0.29, 0.717) is 34.8 Å². The number of nitrogens with zero attached hydrogens (tertiary/aromatic N) is 5. The van der Waals surface area contributed by atoms with Crippen molar-refractivity contribution in [3.8, 4) is 0 Å². The fourth-order valence-corrected chi connectivity index (χ4v) is 1.99. The van der Waals surface area contributed by atoms with E-state index in [2.05, 4.69) is 20.3 Å². The molecule has 0 aliphatic carbocycles. The summed E-state index contributed by atoms with van der Waals surface area (Å²) in [7, 11) is 7.42. The van der Waals surface area contributed by atoms with Crippen LogP contribution in [0.1, 0.15) is 27.7 Å². The molecule has 8 nitrogen and oxygen atoms in total. The normalized spacial score (nSPS) is 10.5. The van der Waals surface area contributed by atoms with Gasteiger partial charge in [-0.3, -0.25) is 4.79 Å². The summed E-state index contributed by atoms with van der Waals surface area (Å²) in [4.78, 5) is 28.8. The molecule has 0 aromatic carbocycles. The van der Waals surface area contributed by atoms with Gasteiger partial charge in [0.25, 0.3) is 5.91 Å². The lowest BCUT2D eigenvalue weighted by Crippen LogP contribution is -2.26. The molecule has 0 aliphatic rings. The molecule has 1 amide bonds. The Hall–Kier alpha value is -2.64. The number of aromatic nitrogens is 3. The molecule has 0 bridgehead atoms. The van der Waals surface area contributed by atoms with E-state index in [1.54, 1.807) is 22.8 Å². The van der Waals surface area contributed by atoms with Gasteiger partial charge in [0.2, 0.25) is 11.9 Å². The fourth-order valence-electron chi connectivity index (χ4n) is 1.99. The molecule has 0 aliphatic heterocycles. The number of furan rings is 1. The van der Waals surface area contributed by atoms with Gasteiger partial charge < -0.3 is 19.5 Å². The second-order valence-corrected chi connectivity index (χ2v) is 5.65. The van der Waals surface area contributed by atoms with Gasteiger partial charge in [-0.25, -0.2) is 0 Å². The highest BCUT2D eigenvalue weighted by Crippen LogP contribution is 2.14. The highest BCUT2D eigenvalue weighted by molar-refractivity contribution is 5.95. The minimum absolute atomic E-state index is 0.211. The summed E-state index contributed by atoms with van der Waals surface area (Å²) in [5.74, 6) is 2.68. The van der Waals surface area contributed by atoms with E-state index in [1.807, 2.05) is 35.1 Å². The SMILES string of the molecule is Cc1cc(C(=O)NCc2nc(N(C)C)nc(N(C)C)n2)c(C)o1. The summed E-state index contributed by atoms with van der Waals surface area (Å²) >= 11 is 0. The van der Waals surface area contributed by atoms with E-state index in [0.717, 1.165) is 0 Å². The molecule has 8 heteroatoms. The van der Waals surface area contributed by atoms with Crippen molar-refractivity contribution in [1.82, 2.24) is 20.3 Å². The first-order valence-corrected chi connectivity index (χ1v) is 7.22. The van der Waals surface area contributed by atoms with E-state index in [1.165, 1.54) is 0 Å². The van der Waals surface area contributed by atoms with E-state index in [4.69, 9.17) is 4.42 Å². The van der Waals surface area contributed by atoms with Crippen LogP contribution in [0.3, 0.4) is 0 Å². The van der Waals surface area contributed by atoms with Crippen molar-refractivity contribution < 1.29 is 9.21 Å². The van der Waals surface area contributed by atoms with Crippen molar-refractivity contribution in [2.75, 3.05) is 38.0 Å². The summed E-state index contributed by atoms with van der Waals surface area (Å²) in [6.45, 7) is 3.79. The Morgan fingerprint density at radius 2 is 1.65 bits per heavy atom. The lowest BCUT2D eigenvalue weighted by atomic mass is 10.2. The minimum atomic E-state index is -0.211. The highest BCUT2D eigenvalue weighted by atomic mass is 16.3. The van der Waals surface area contributed by atoms with Gasteiger partial charge in [-0.1, -0.05) is 0 Å². The number of hydrogen-bond donors (Lipinski definition) is 1. The molecule has 124 valence electrons. The van der Waals surface area contributed by atoms with Crippen LogP contribution in [0.25, 0.3) is 0 Å². The van der Waals surface area contributed by atoms with Crippen LogP contribution in [0.5, 0.6) is 0 Å². The van der Waals surface area contributed by atoms with E-state index < -0.39 is 0 Å². The summed E-state index contributed by atoms with van der Waals surface area (Å²) in [5, 5.41) is 2.81. The Kier molecular flexibility index (Phi) is 4.83. The van der Waals surface area contributed by atoms with Crippen LogP contribution in [0, 0.1) is 13.8 Å². The van der Waals surface area contributed by atoms with Gasteiger partial charge in [-0.15, -0.1) is 0 Å². The zero-order chi connectivity index (χ0) is 17.1. The predicted octanol–water partition coefficient (Wildman–Crippen LogP) is 1.14. The average molecular weight is 318 g/mol. The maximum absolute atomic E-state index is 12.2. The fraction of sp³-hybridized carbons (Fsp3) is 0.467. The Morgan fingerprint density at radius 3 is 2.09 bits per heavy atom. The van der Waals surface area contributed by atoms with Crippen molar-refractivity contribution in [3.05, 3.63) is 29.0 Å². The Morgan fingerprint density at radius 1 is 1.09 bits per heavy atom. The van der Waals surface area contributed by atoms with Crippen LogP contribution in [0.2, 0.25) is 0 Å². The minimum Gasteiger partial charge on any atom is -0.466 e. The topological polar surface area (TPSA) is 87.4 Å². The number of anilines is 2. The molecule has 2 heterocycles. The largest absolute Gasteiger partial charge is 0.466 e. The van der Waals surface area contributed by atoms with Crippen molar-refractivity contribution in [2.45, 2.75) is 20.4 Å². The van der Waals surface area contributed by atoms with Gasteiger partial charge in [0.1, 0.15) is 11.5 Å². The number of carbonyl (C=O) groups is 1. The van der Waals surface area contributed by atoms with Gasteiger partial charge in [0, 0.05) is 28.2 Å². The standard InChI is InChI=1S/C15H22N6O2/c1-9-7-11(10(2)23-9)13(22)16-8-12-17-14(20(3)4)19-15(18-12)21(5)6/h7H,8H2,1-6H3,(H,16,22). The van der Waals surface area contributed by atoms with Crippen LogP contribution in [0.4, 0.5) is 11.9 Å². The Balaban J connectivity index is 2.16. The van der Waals surface area contributed by atoms with Crippen LogP contribution in [-0.2, 0) is 6.54 Å². The van der Waals surface area contributed by atoms with Crippen molar-refractivity contribution in [2.24, 2.45) is 0 Å². The van der Waals surface area contributed by atoms with Gasteiger partial charge in [-0.2, -0.15) is 15.0 Å². The van der Waals surface area contributed by atoms with Gasteiger partial charge in [-0.05, 0) is 19.9 Å². The molecule has 0 unspecified atom stereocenters. The number of aryl methyl sites for hydroxylation is 2. The molecule has 0 saturated carbocycles. The summed E-state index contributed by atoms with van der Waals surface area (Å²) in [6.07, 6.45) is 0. The second kappa shape index (κ2) is 6.64. The Labute approximate surface area is 135 Å². The summed E-state index contributed by atoms with van der Waals surface area (Å²) < 4.78 is 5.37. The summed E-state index contributed by atoms with van der Waals surface area (Å²) in [5.41, 5.74) is 0.525. The van der Waals surface area contributed by atoms with E-state index in [9.17, 15) is 4.79 Å². The van der Waals surface area contributed by atoms with Crippen molar-refractivity contribution in [3.63, 3.8) is 0 Å². The first-order valence-electron chi connectivity index (χ1n) is 7.22. The lowest BCUT2D eigenvalue weighted by molar-refractivity contribution is 0.0948. The first-order chi connectivity index (χ1) is 10.8. The third kappa shape index (κ3) is 3.97. The molecule has 0 atom stereocenters. The van der Waals surface area contributed by atoms with E-state index in [-0.39, 0.29) is 12.5 Å². The van der Waals surface area contributed by atoms with Gasteiger partial charge in [0.15, 0.2) is 5.82 Å². The third-order valence-corrected chi connectivity index (χ3v) is 3.15. The maximum atomic E-state index is 12.2. The molecule has 0 fully saturated rings. The quantitative estimate of drug-likeness (QED) is 0.884. The number of nitrogens with one attached hydrogen (secondary N) is 1. The number of carbonyl (C=O) groups excluding carboxylic acids is 1. The first kappa shape index (κ1) is 16.7. The van der Waals surface area contributed by atoms with Crippen LogP contribution >= 0.6 is 0 Å². The maximum Gasteiger partial charge on any atom is 0.255 e. The van der Waals surface area contributed by atoms with Gasteiger partial charge >= 0.3 is 0 Å².